The number of nitrogens with one attached hydrogen (secondary N) is 1. The standard InChI is InChI=1S/C23H31NO5/c1-5-28-21-10-7-17(15-22(21)29-6-2)13-14-24-23(25)12-8-18-16-19(26-3)9-11-20(18)27-4/h7,9-11,15-16H,5-6,8,12-14H2,1-4H3,(H,24,25). The van der Waals surface area contributed by atoms with Gasteiger partial charge in [-0.25, -0.2) is 0 Å². The molecule has 0 aromatic heterocycles. The summed E-state index contributed by atoms with van der Waals surface area (Å²) in [6.45, 7) is 5.62. The minimum Gasteiger partial charge on any atom is -0.497 e. The molecule has 0 aliphatic rings. The summed E-state index contributed by atoms with van der Waals surface area (Å²) in [6, 6.07) is 11.5. The fourth-order valence-corrected chi connectivity index (χ4v) is 3.01. The first-order chi connectivity index (χ1) is 14.1. The molecular weight excluding hydrogens is 370 g/mol. The van der Waals surface area contributed by atoms with Crippen molar-refractivity contribution in [2.45, 2.75) is 33.1 Å². The molecule has 2 aromatic carbocycles. The van der Waals surface area contributed by atoms with Gasteiger partial charge < -0.3 is 24.3 Å². The molecule has 0 bridgehead atoms. The van der Waals surface area contributed by atoms with Crippen LogP contribution in [0.1, 0.15) is 31.4 Å². The van der Waals surface area contributed by atoms with E-state index in [-0.39, 0.29) is 5.91 Å². The number of methoxy groups -OCH3 is 2. The van der Waals surface area contributed by atoms with Crippen molar-refractivity contribution >= 4 is 5.91 Å². The Bertz CT molecular complexity index is 791. The molecule has 0 aliphatic carbocycles. The van der Waals surface area contributed by atoms with Crippen molar-refractivity contribution < 1.29 is 23.7 Å². The Kier molecular flexibility index (Phi) is 9.15. The molecule has 6 nitrogen and oxygen atoms in total. The maximum atomic E-state index is 12.2. The summed E-state index contributed by atoms with van der Waals surface area (Å²) < 4.78 is 21.8. The maximum absolute atomic E-state index is 12.2. The number of hydrogen-bond donors (Lipinski definition) is 1. The van der Waals surface area contributed by atoms with Crippen LogP contribution in [0.2, 0.25) is 0 Å². The highest BCUT2D eigenvalue weighted by Gasteiger charge is 2.09. The van der Waals surface area contributed by atoms with Crippen molar-refractivity contribution in [2.75, 3.05) is 34.0 Å². The topological polar surface area (TPSA) is 66.0 Å². The Labute approximate surface area is 173 Å². The average Bonchev–Trinajstić information content (AvgIpc) is 2.74. The molecule has 0 atom stereocenters. The van der Waals surface area contributed by atoms with Crippen LogP contribution < -0.4 is 24.3 Å². The molecule has 0 radical (unpaired) electrons. The summed E-state index contributed by atoms with van der Waals surface area (Å²) >= 11 is 0. The van der Waals surface area contributed by atoms with Gasteiger partial charge in [-0.15, -0.1) is 0 Å². The average molecular weight is 402 g/mol. The Morgan fingerprint density at radius 3 is 2.28 bits per heavy atom. The first kappa shape index (κ1) is 22.4. The van der Waals surface area contributed by atoms with E-state index >= 15 is 0 Å². The molecule has 0 unspecified atom stereocenters. The number of ether oxygens (including phenoxy) is 4. The van der Waals surface area contributed by atoms with Gasteiger partial charge in [0.15, 0.2) is 11.5 Å². The number of amides is 1. The third-order valence-electron chi connectivity index (χ3n) is 4.45. The van der Waals surface area contributed by atoms with E-state index in [1.54, 1.807) is 14.2 Å². The molecule has 0 saturated heterocycles. The van der Waals surface area contributed by atoms with Crippen LogP contribution in [0.4, 0.5) is 0 Å². The van der Waals surface area contributed by atoms with Gasteiger partial charge in [0.25, 0.3) is 0 Å². The molecule has 0 aliphatic heterocycles. The van der Waals surface area contributed by atoms with Crippen molar-refractivity contribution in [3.63, 3.8) is 0 Å². The molecule has 1 N–H and O–H groups in total. The van der Waals surface area contributed by atoms with Gasteiger partial charge >= 0.3 is 0 Å². The number of rotatable bonds is 12. The van der Waals surface area contributed by atoms with E-state index in [9.17, 15) is 4.79 Å². The zero-order valence-corrected chi connectivity index (χ0v) is 17.7. The Morgan fingerprint density at radius 1 is 0.862 bits per heavy atom. The molecular formula is C23H31NO5. The number of hydrogen-bond acceptors (Lipinski definition) is 5. The van der Waals surface area contributed by atoms with Crippen molar-refractivity contribution in [2.24, 2.45) is 0 Å². The van der Waals surface area contributed by atoms with Gasteiger partial charge in [0.2, 0.25) is 5.91 Å². The van der Waals surface area contributed by atoms with Gasteiger partial charge in [0.1, 0.15) is 11.5 Å². The third-order valence-corrected chi connectivity index (χ3v) is 4.45. The predicted molar refractivity (Wildman–Crippen MR) is 113 cm³/mol. The molecule has 2 rings (SSSR count). The Balaban J connectivity index is 1.85. The first-order valence-corrected chi connectivity index (χ1v) is 9.97. The highest BCUT2D eigenvalue weighted by Crippen LogP contribution is 2.28. The van der Waals surface area contributed by atoms with Crippen molar-refractivity contribution in [1.82, 2.24) is 5.32 Å². The summed E-state index contributed by atoms with van der Waals surface area (Å²) in [5, 5.41) is 2.98. The fraction of sp³-hybridized carbons (Fsp3) is 0.435. The van der Waals surface area contributed by atoms with Crippen LogP contribution in [0.15, 0.2) is 36.4 Å². The Hall–Kier alpha value is -2.89. The lowest BCUT2D eigenvalue weighted by Crippen LogP contribution is -2.25. The lowest BCUT2D eigenvalue weighted by atomic mass is 10.1. The fourth-order valence-electron chi connectivity index (χ4n) is 3.01. The van der Waals surface area contributed by atoms with E-state index in [1.807, 2.05) is 50.2 Å². The van der Waals surface area contributed by atoms with Crippen LogP contribution in [0.25, 0.3) is 0 Å². The van der Waals surface area contributed by atoms with Crippen LogP contribution in [0.3, 0.4) is 0 Å². The van der Waals surface area contributed by atoms with E-state index in [1.165, 1.54) is 0 Å². The quantitative estimate of drug-likeness (QED) is 0.586. The van der Waals surface area contributed by atoms with E-state index in [0.717, 1.165) is 40.5 Å². The third kappa shape index (κ3) is 6.89. The summed E-state index contributed by atoms with van der Waals surface area (Å²) in [5.74, 6) is 3.00. The molecule has 0 spiro atoms. The monoisotopic (exact) mass is 401 g/mol. The second-order valence-electron chi connectivity index (χ2n) is 6.42. The molecule has 0 saturated carbocycles. The van der Waals surface area contributed by atoms with Crippen LogP contribution in [0.5, 0.6) is 23.0 Å². The lowest BCUT2D eigenvalue weighted by molar-refractivity contribution is -0.121. The van der Waals surface area contributed by atoms with Gasteiger partial charge in [0, 0.05) is 13.0 Å². The normalized spacial score (nSPS) is 10.3. The van der Waals surface area contributed by atoms with Gasteiger partial charge in [-0.2, -0.15) is 0 Å². The number of carbonyl (C=O) groups excluding carboxylic acids is 1. The summed E-state index contributed by atoms with van der Waals surface area (Å²) in [6.07, 6.45) is 1.70. The highest BCUT2D eigenvalue weighted by atomic mass is 16.5. The van der Waals surface area contributed by atoms with Crippen LogP contribution in [0, 0.1) is 0 Å². The largest absolute Gasteiger partial charge is 0.497 e. The van der Waals surface area contributed by atoms with Crippen molar-refractivity contribution in [3.05, 3.63) is 47.5 Å². The van der Waals surface area contributed by atoms with Crippen LogP contribution in [-0.2, 0) is 17.6 Å². The van der Waals surface area contributed by atoms with Gasteiger partial charge in [-0.05, 0) is 68.1 Å². The van der Waals surface area contributed by atoms with Crippen LogP contribution in [-0.4, -0.2) is 39.9 Å². The van der Waals surface area contributed by atoms with E-state index in [0.29, 0.717) is 32.6 Å². The van der Waals surface area contributed by atoms with Gasteiger partial charge in [-0.3, -0.25) is 4.79 Å². The first-order valence-electron chi connectivity index (χ1n) is 9.97. The molecule has 158 valence electrons. The van der Waals surface area contributed by atoms with Gasteiger partial charge in [-0.1, -0.05) is 6.07 Å². The van der Waals surface area contributed by atoms with Crippen LogP contribution >= 0.6 is 0 Å². The second-order valence-corrected chi connectivity index (χ2v) is 6.42. The van der Waals surface area contributed by atoms with Crippen molar-refractivity contribution in [3.8, 4) is 23.0 Å². The maximum Gasteiger partial charge on any atom is 0.220 e. The number of benzene rings is 2. The summed E-state index contributed by atoms with van der Waals surface area (Å²) in [4.78, 5) is 12.2. The highest BCUT2D eigenvalue weighted by molar-refractivity contribution is 5.76. The zero-order valence-electron chi connectivity index (χ0n) is 17.7. The van der Waals surface area contributed by atoms with E-state index < -0.39 is 0 Å². The molecule has 1 amide bonds. The minimum absolute atomic E-state index is 0.00541. The number of carbonyl (C=O) groups is 1. The summed E-state index contributed by atoms with van der Waals surface area (Å²) in [5.41, 5.74) is 2.04. The molecule has 6 heteroatoms. The van der Waals surface area contributed by atoms with Gasteiger partial charge in [0.05, 0.1) is 27.4 Å². The molecule has 0 heterocycles. The molecule has 29 heavy (non-hydrogen) atoms. The van der Waals surface area contributed by atoms with E-state index in [4.69, 9.17) is 18.9 Å². The second kappa shape index (κ2) is 11.8. The van der Waals surface area contributed by atoms with Crippen molar-refractivity contribution in [1.29, 1.82) is 0 Å². The molecule has 2 aromatic rings. The lowest BCUT2D eigenvalue weighted by Gasteiger charge is -2.13. The van der Waals surface area contributed by atoms with E-state index in [2.05, 4.69) is 5.32 Å². The smallest absolute Gasteiger partial charge is 0.220 e. The SMILES string of the molecule is CCOc1ccc(CCNC(=O)CCc2cc(OC)ccc2OC)cc1OCC. The Morgan fingerprint density at radius 2 is 1.59 bits per heavy atom. The minimum atomic E-state index is 0.00541. The predicted octanol–water partition coefficient (Wildman–Crippen LogP) is 3.79. The molecule has 0 fully saturated rings. The number of aryl methyl sites for hydroxylation is 1. The summed E-state index contributed by atoms with van der Waals surface area (Å²) in [7, 11) is 3.24. The zero-order chi connectivity index (χ0) is 21.1.